The van der Waals surface area contributed by atoms with Gasteiger partial charge in [-0.05, 0) is 43.0 Å². The molecule has 1 aromatic carbocycles. The Kier molecular flexibility index (Phi) is 7.72. The molecule has 28 heavy (non-hydrogen) atoms. The number of nitrogens with zero attached hydrogens (tertiary/aromatic N) is 3. The molecule has 1 aliphatic rings. The first kappa shape index (κ1) is 20.2. The lowest BCUT2D eigenvalue weighted by Crippen LogP contribution is -2.52. The zero-order valence-corrected chi connectivity index (χ0v) is 17.3. The van der Waals surface area contributed by atoms with Gasteiger partial charge in [-0.1, -0.05) is 18.2 Å². The summed E-state index contributed by atoms with van der Waals surface area (Å²) in [6.07, 6.45) is 0.822. The van der Waals surface area contributed by atoms with Crippen LogP contribution in [0.3, 0.4) is 0 Å². The molecule has 0 radical (unpaired) electrons. The summed E-state index contributed by atoms with van der Waals surface area (Å²) in [6, 6.07) is 13.6. The van der Waals surface area contributed by atoms with Crippen LogP contribution in [0.2, 0.25) is 0 Å². The number of anilines is 1. The minimum atomic E-state index is -0.0267. The van der Waals surface area contributed by atoms with Gasteiger partial charge in [-0.3, -0.25) is 9.79 Å². The van der Waals surface area contributed by atoms with Crippen LogP contribution in [0.15, 0.2) is 52.8 Å². The van der Waals surface area contributed by atoms with E-state index in [0.717, 1.165) is 45.1 Å². The van der Waals surface area contributed by atoms with Crippen molar-refractivity contribution in [3.63, 3.8) is 0 Å². The molecule has 2 heterocycles. The van der Waals surface area contributed by atoms with Crippen LogP contribution in [-0.4, -0.2) is 62.6 Å². The lowest BCUT2D eigenvalue weighted by Gasteiger charge is -2.37. The van der Waals surface area contributed by atoms with Crippen LogP contribution in [0, 0.1) is 0 Å². The number of guanidine groups is 1. The van der Waals surface area contributed by atoms with Crippen molar-refractivity contribution in [2.45, 2.75) is 13.3 Å². The third-order valence-corrected chi connectivity index (χ3v) is 5.58. The maximum Gasteiger partial charge on any atom is 0.251 e. The Bertz CT molecular complexity index is 739. The van der Waals surface area contributed by atoms with Crippen molar-refractivity contribution < 1.29 is 4.79 Å². The second-order valence-corrected chi connectivity index (χ2v) is 7.56. The molecule has 3 rings (SSSR count). The Morgan fingerprint density at radius 1 is 1.07 bits per heavy atom. The molecular formula is C21H29N5OS. The highest BCUT2D eigenvalue weighted by Crippen LogP contribution is 2.22. The van der Waals surface area contributed by atoms with Crippen LogP contribution in [0.5, 0.6) is 0 Å². The summed E-state index contributed by atoms with van der Waals surface area (Å²) in [5.74, 6) is 0.948. The SMILES string of the molecule is CCNC(=NCCCNC(=O)c1ccccc1)N1CCN(c2cccs2)CC1. The van der Waals surface area contributed by atoms with E-state index < -0.39 is 0 Å². The van der Waals surface area contributed by atoms with Crippen LogP contribution >= 0.6 is 11.3 Å². The first-order chi connectivity index (χ1) is 13.8. The highest BCUT2D eigenvalue weighted by Gasteiger charge is 2.20. The first-order valence-electron chi connectivity index (χ1n) is 9.93. The summed E-state index contributed by atoms with van der Waals surface area (Å²) in [5.41, 5.74) is 0.697. The molecule has 1 aliphatic heterocycles. The summed E-state index contributed by atoms with van der Waals surface area (Å²) in [6.45, 7) is 8.23. The molecule has 1 amide bonds. The molecule has 0 bridgehead atoms. The predicted molar refractivity (Wildman–Crippen MR) is 117 cm³/mol. The fourth-order valence-corrected chi connectivity index (χ4v) is 3.96. The number of thiophene rings is 1. The van der Waals surface area contributed by atoms with Crippen LogP contribution in [0.25, 0.3) is 0 Å². The lowest BCUT2D eigenvalue weighted by molar-refractivity contribution is 0.0953. The Balaban J connectivity index is 1.42. The van der Waals surface area contributed by atoms with E-state index in [1.54, 1.807) is 11.3 Å². The van der Waals surface area contributed by atoms with E-state index in [2.05, 4.69) is 44.9 Å². The number of rotatable bonds is 7. The molecule has 0 saturated carbocycles. The lowest BCUT2D eigenvalue weighted by atomic mass is 10.2. The fraction of sp³-hybridized carbons (Fsp3) is 0.429. The number of carbonyl (C=O) groups is 1. The summed E-state index contributed by atoms with van der Waals surface area (Å²) in [5, 5.41) is 9.83. The van der Waals surface area contributed by atoms with Gasteiger partial charge in [0.1, 0.15) is 0 Å². The molecule has 0 unspecified atom stereocenters. The normalized spacial score (nSPS) is 14.8. The van der Waals surface area contributed by atoms with Crippen molar-refractivity contribution in [1.29, 1.82) is 0 Å². The number of amides is 1. The predicted octanol–water partition coefficient (Wildman–Crippen LogP) is 2.66. The summed E-state index contributed by atoms with van der Waals surface area (Å²) < 4.78 is 0. The molecule has 7 heteroatoms. The van der Waals surface area contributed by atoms with E-state index in [-0.39, 0.29) is 5.91 Å². The minimum absolute atomic E-state index is 0.0267. The van der Waals surface area contributed by atoms with E-state index in [1.807, 2.05) is 30.3 Å². The quantitative estimate of drug-likeness (QED) is 0.427. The van der Waals surface area contributed by atoms with Gasteiger partial charge in [0, 0.05) is 51.4 Å². The Morgan fingerprint density at radius 2 is 1.86 bits per heavy atom. The van der Waals surface area contributed by atoms with Gasteiger partial charge in [-0.2, -0.15) is 0 Å². The third kappa shape index (κ3) is 5.73. The smallest absolute Gasteiger partial charge is 0.251 e. The zero-order valence-electron chi connectivity index (χ0n) is 16.4. The van der Waals surface area contributed by atoms with Crippen molar-refractivity contribution in [3.8, 4) is 0 Å². The number of hydrogen-bond acceptors (Lipinski definition) is 4. The topological polar surface area (TPSA) is 60.0 Å². The third-order valence-electron chi connectivity index (χ3n) is 4.65. The molecule has 1 fully saturated rings. The number of hydrogen-bond donors (Lipinski definition) is 2. The molecule has 1 saturated heterocycles. The highest BCUT2D eigenvalue weighted by atomic mass is 32.1. The highest BCUT2D eigenvalue weighted by molar-refractivity contribution is 7.14. The molecule has 2 aromatic rings. The van der Waals surface area contributed by atoms with Crippen LogP contribution in [0.1, 0.15) is 23.7 Å². The number of nitrogens with one attached hydrogen (secondary N) is 2. The van der Waals surface area contributed by atoms with E-state index >= 15 is 0 Å². The van der Waals surface area contributed by atoms with Crippen molar-refractivity contribution in [2.75, 3.05) is 50.7 Å². The zero-order chi connectivity index (χ0) is 19.6. The minimum Gasteiger partial charge on any atom is -0.360 e. The standard InChI is InChI=1S/C21H29N5OS/c1-2-22-21(26-15-13-25(14-16-26)19-10-6-17-28-19)24-12-7-11-23-20(27)18-8-4-3-5-9-18/h3-6,8-10,17H,2,7,11-16H2,1H3,(H,22,24)(H,23,27). The van der Waals surface area contributed by atoms with Crippen LogP contribution in [-0.2, 0) is 0 Å². The van der Waals surface area contributed by atoms with Gasteiger partial charge in [-0.15, -0.1) is 11.3 Å². The van der Waals surface area contributed by atoms with E-state index in [4.69, 9.17) is 4.99 Å². The fourth-order valence-electron chi connectivity index (χ4n) is 3.17. The Morgan fingerprint density at radius 3 is 2.54 bits per heavy atom. The maximum atomic E-state index is 12.0. The number of aliphatic imine (C=N–C) groups is 1. The average Bonchev–Trinajstić information content (AvgIpc) is 3.28. The van der Waals surface area contributed by atoms with Gasteiger partial charge >= 0.3 is 0 Å². The molecule has 0 aliphatic carbocycles. The molecule has 2 N–H and O–H groups in total. The average molecular weight is 400 g/mol. The van der Waals surface area contributed by atoms with Crippen molar-refractivity contribution in [2.24, 2.45) is 4.99 Å². The van der Waals surface area contributed by atoms with Gasteiger partial charge in [0.25, 0.3) is 5.91 Å². The first-order valence-corrected chi connectivity index (χ1v) is 10.8. The van der Waals surface area contributed by atoms with Gasteiger partial charge in [0.05, 0.1) is 5.00 Å². The van der Waals surface area contributed by atoms with E-state index in [9.17, 15) is 4.79 Å². The summed E-state index contributed by atoms with van der Waals surface area (Å²) in [7, 11) is 0. The van der Waals surface area contributed by atoms with Crippen molar-refractivity contribution in [3.05, 3.63) is 53.4 Å². The van der Waals surface area contributed by atoms with Gasteiger partial charge in [0.15, 0.2) is 5.96 Å². The largest absolute Gasteiger partial charge is 0.360 e. The number of benzene rings is 1. The Labute approximate surface area is 171 Å². The second-order valence-electron chi connectivity index (χ2n) is 6.64. The van der Waals surface area contributed by atoms with E-state index in [1.165, 1.54) is 5.00 Å². The van der Waals surface area contributed by atoms with Gasteiger partial charge in [-0.25, -0.2) is 0 Å². The molecule has 6 nitrogen and oxygen atoms in total. The van der Waals surface area contributed by atoms with Gasteiger partial charge < -0.3 is 20.4 Å². The summed E-state index contributed by atoms with van der Waals surface area (Å²) >= 11 is 1.80. The molecule has 150 valence electrons. The Hall–Kier alpha value is -2.54. The van der Waals surface area contributed by atoms with Crippen LogP contribution in [0.4, 0.5) is 5.00 Å². The maximum absolute atomic E-state index is 12.0. The molecule has 0 atom stereocenters. The van der Waals surface area contributed by atoms with Gasteiger partial charge in [0.2, 0.25) is 0 Å². The second kappa shape index (κ2) is 10.7. The van der Waals surface area contributed by atoms with Crippen molar-refractivity contribution >= 4 is 28.2 Å². The molecular weight excluding hydrogens is 370 g/mol. The van der Waals surface area contributed by atoms with Crippen LogP contribution < -0.4 is 15.5 Å². The summed E-state index contributed by atoms with van der Waals surface area (Å²) in [4.78, 5) is 21.6. The van der Waals surface area contributed by atoms with Crippen molar-refractivity contribution in [1.82, 2.24) is 15.5 Å². The van der Waals surface area contributed by atoms with E-state index in [0.29, 0.717) is 18.7 Å². The molecule has 0 spiro atoms. The molecule has 1 aromatic heterocycles. The monoisotopic (exact) mass is 399 g/mol. The number of carbonyl (C=O) groups excluding carboxylic acids is 1. The number of piperazine rings is 1.